The molecule has 100 valence electrons. The minimum atomic E-state index is -3.77. The van der Waals surface area contributed by atoms with E-state index in [9.17, 15) is 13.2 Å². The van der Waals surface area contributed by atoms with Crippen LogP contribution in [0.2, 0.25) is 0 Å². The highest BCUT2D eigenvalue weighted by atomic mass is 32.2. The van der Waals surface area contributed by atoms with Crippen molar-refractivity contribution in [3.63, 3.8) is 0 Å². The van der Waals surface area contributed by atoms with Gasteiger partial charge in [-0.1, -0.05) is 0 Å². The fourth-order valence-corrected chi connectivity index (χ4v) is 4.58. The number of nitrogens with zero attached hydrogens (tertiary/aromatic N) is 1. The van der Waals surface area contributed by atoms with E-state index < -0.39 is 22.2 Å². The van der Waals surface area contributed by atoms with E-state index in [-0.39, 0.29) is 24.3 Å². The highest BCUT2D eigenvalue weighted by molar-refractivity contribution is 8.01. The standard InChI is InChI=1S/C8H16N2O5S2/c1-6-10(7(5-16-6)8(11)12)17(13,14)9-3-4-15-2/h6-7,9H,3-5H2,1-2H3,(H,11,12). The summed E-state index contributed by atoms with van der Waals surface area (Å²) < 4.78 is 31.9. The normalized spacial score (nSPS) is 26.2. The van der Waals surface area contributed by atoms with Crippen molar-refractivity contribution in [3.8, 4) is 0 Å². The molecule has 0 saturated carbocycles. The van der Waals surface area contributed by atoms with Gasteiger partial charge in [-0.2, -0.15) is 17.4 Å². The summed E-state index contributed by atoms with van der Waals surface area (Å²) >= 11 is 1.30. The number of ether oxygens (including phenoxy) is 1. The number of carbonyl (C=O) groups is 1. The minimum Gasteiger partial charge on any atom is -0.480 e. The molecule has 0 aliphatic carbocycles. The number of rotatable bonds is 6. The fraction of sp³-hybridized carbons (Fsp3) is 0.875. The zero-order valence-corrected chi connectivity index (χ0v) is 11.3. The summed E-state index contributed by atoms with van der Waals surface area (Å²) in [5.74, 6) is -0.860. The van der Waals surface area contributed by atoms with Crippen molar-refractivity contribution in [2.75, 3.05) is 26.0 Å². The number of nitrogens with one attached hydrogen (secondary N) is 1. The fourth-order valence-electron chi connectivity index (χ4n) is 1.52. The smallest absolute Gasteiger partial charge is 0.322 e. The average Bonchev–Trinajstić information content (AvgIpc) is 2.61. The van der Waals surface area contributed by atoms with Gasteiger partial charge in [-0.3, -0.25) is 4.79 Å². The maximum Gasteiger partial charge on any atom is 0.322 e. The maximum absolute atomic E-state index is 11.9. The van der Waals surface area contributed by atoms with Crippen LogP contribution in [-0.4, -0.2) is 61.2 Å². The quantitative estimate of drug-likeness (QED) is 0.627. The van der Waals surface area contributed by atoms with Gasteiger partial charge in [-0.25, -0.2) is 0 Å². The van der Waals surface area contributed by atoms with Crippen LogP contribution in [0.4, 0.5) is 0 Å². The van der Waals surface area contributed by atoms with Crippen LogP contribution in [0.15, 0.2) is 0 Å². The van der Waals surface area contributed by atoms with Gasteiger partial charge >= 0.3 is 5.97 Å². The summed E-state index contributed by atoms with van der Waals surface area (Å²) in [5, 5.41) is 8.59. The molecule has 1 fully saturated rings. The number of thioether (sulfide) groups is 1. The maximum atomic E-state index is 11.9. The lowest BCUT2D eigenvalue weighted by atomic mass is 10.3. The molecule has 2 unspecified atom stereocenters. The molecule has 0 bridgehead atoms. The molecule has 1 aliphatic rings. The molecule has 0 aromatic heterocycles. The van der Waals surface area contributed by atoms with Crippen LogP contribution in [0, 0.1) is 0 Å². The third-order valence-corrected chi connectivity index (χ3v) is 5.36. The molecule has 2 N–H and O–H groups in total. The van der Waals surface area contributed by atoms with Crippen LogP contribution in [0.1, 0.15) is 6.92 Å². The van der Waals surface area contributed by atoms with Gasteiger partial charge in [-0.05, 0) is 6.92 Å². The molecule has 0 amide bonds. The van der Waals surface area contributed by atoms with Gasteiger partial charge in [0.1, 0.15) is 6.04 Å². The molecule has 1 rings (SSSR count). The Morgan fingerprint density at radius 2 is 2.29 bits per heavy atom. The van der Waals surface area contributed by atoms with Crippen LogP contribution in [-0.2, 0) is 19.7 Å². The van der Waals surface area contributed by atoms with Gasteiger partial charge in [0.15, 0.2) is 0 Å². The lowest BCUT2D eigenvalue weighted by molar-refractivity contribution is -0.140. The number of hydrogen-bond acceptors (Lipinski definition) is 5. The van der Waals surface area contributed by atoms with Crippen molar-refractivity contribution in [1.29, 1.82) is 0 Å². The molecule has 1 aliphatic heterocycles. The molecule has 1 saturated heterocycles. The first-order valence-electron chi connectivity index (χ1n) is 5.01. The second kappa shape index (κ2) is 6.01. The van der Waals surface area contributed by atoms with E-state index >= 15 is 0 Å². The summed E-state index contributed by atoms with van der Waals surface area (Å²) in [5.41, 5.74) is 0. The Balaban J connectivity index is 2.77. The first-order valence-corrected chi connectivity index (χ1v) is 7.50. The first-order chi connectivity index (χ1) is 7.90. The lowest BCUT2D eigenvalue weighted by Crippen LogP contribution is -2.50. The summed E-state index contributed by atoms with van der Waals surface area (Å²) in [6.45, 7) is 2.04. The largest absolute Gasteiger partial charge is 0.480 e. The third-order valence-electron chi connectivity index (χ3n) is 2.31. The number of methoxy groups -OCH3 is 1. The Morgan fingerprint density at radius 1 is 1.65 bits per heavy atom. The Hall–Kier alpha value is -0.350. The molecule has 0 radical (unpaired) electrons. The van der Waals surface area contributed by atoms with Gasteiger partial charge in [0.05, 0.1) is 12.0 Å². The van der Waals surface area contributed by atoms with Gasteiger partial charge in [0, 0.05) is 19.4 Å². The Morgan fingerprint density at radius 3 is 2.82 bits per heavy atom. The summed E-state index contributed by atoms with van der Waals surface area (Å²) in [7, 11) is -2.31. The molecule has 0 aromatic rings. The van der Waals surface area contributed by atoms with Crippen molar-refractivity contribution in [3.05, 3.63) is 0 Å². The van der Waals surface area contributed by atoms with E-state index in [1.54, 1.807) is 6.92 Å². The second-order valence-electron chi connectivity index (χ2n) is 3.51. The zero-order chi connectivity index (χ0) is 13.1. The van der Waals surface area contributed by atoms with Crippen molar-refractivity contribution in [2.45, 2.75) is 18.3 Å². The van der Waals surface area contributed by atoms with Crippen molar-refractivity contribution < 1.29 is 23.1 Å². The SMILES string of the molecule is COCCNS(=O)(=O)N1C(C)SCC1C(=O)O. The Labute approximate surface area is 105 Å². The third kappa shape index (κ3) is 3.55. The van der Waals surface area contributed by atoms with Crippen LogP contribution < -0.4 is 4.72 Å². The zero-order valence-electron chi connectivity index (χ0n) is 9.62. The number of hydrogen-bond donors (Lipinski definition) is 2. The van der Waals surface area contributed by atoms with Crippen LogP contribution >= 0.6 is 11.8 Å². The van der Waals surface area contributed by atoms with E-state index in [1.165, 1.54) is 18.9 Å². The molecule has 17 heavy (non-hydrogen) atoms. The van der Waals surface area contributed by atoms with Crippen molar-refractivity contribution in [2.24, 2.45) is 0 Å². The van der Waals surface area contributed by atoms with Gasteiger partial charge < -0.3 is 9.84 Å². The predicted octanol–water partition coefficient (Wildman–Crippen LogP) is -0.685. The van der Waals surface area contributed by atoms with Gasteiger partial charge in [-0.15, -0.1) is 11.8 Å². The van der Waals surface area contributed by atoms with E-state index in [1.807, 2.05) is 0 Å². The van der Waals surface area contributed by atoms with E-state index in [0.717, 1.165) is 4.31 Å². The predicted molar refractivity (Wildman–Crippen MR) is 64.0 cm³/mol. The topological polar surface area (TPSA) is 95.9 Å². The van der Waals surface area contributed by atoms with Crippen LogP contribution in [0.3, 0.4) is 0 Å². The van der Waals surface area contributed by atoms with E-state index in [4.69, 9.17) is 9.84 Å². The molecule has 1 heterocycles. The van der Waals surface area contributed by atoms with Gasteiger partial charge in [0.25, 0.3) is 10.2 Å². The van der Waals surface area contributed by atoms with Crippen LogP contribution in [0.25, 0.3) is 0 Å². The van der Waals surface area contributed by atoms with Crippen molar-refractivity contribution >= 4 is 27.9 Å². The lowest BCUT2D eigenvalue weighted by Gasteiger charge is -2.24. The summed E-state index contributed by atoms with van der Waals surface area (Å²) in [4.78, 5) is 11.0. The summed E-state index contributed by atoms with van der Waals surface area (Å²) in [6, 6.07) is -1.00. The molecule has 0 spiro atoms. The summed E-state index contributed by atoms with van der Waals surface area (Å²) in [6.07, 6.45) is 0. The highest BCUT2D eigenvalue weighted by Crippen LogP contribution is 2.30. The average molecular weight is 284 g/mol. The van der Waals surface area contributed by atoms with Crippen molar-refractivity contribution in [1.82, 2.24) is 9.03 Å². The molecule has 2 atom stereocenters. The Kier molecular flexibility index (Phi) is 5.20. The Bertz CT molecular complexity index is 372. The first kappa shape index (κ1) is 14.7. The van der Waals surface area contributed by atoms with Gasteiger partial charge in [0.2, 0.25) is 0 Å². The number of aliphatic carboxylic acids is 1. The van der Waals surface area contributed by atoms with E-state index in [0.29, 0.717) is 0 Å². The number of carboxylic acid groups (broad SMARTS) is 1. The molecular weight excluding hydrogens is 268 g/mol. The minimum absolute atomic E-state index is 0.124. The highest BCUT2D eigenvalue weighted by Gasteiger charge is 2.43. The molecule has 0 aromatic carbocycles. The molecular formula is C8H16N2O5S2. The van der Waals surface area contributed by atoms with E-state index in [2.05, 4.69) is 4.72 Å². The molecule has 7 nitrogen and oxygen atoms in total. The monoisotopic (exact) mass is 284 g/mol. The molecule has 9 heteroatoms. The van der Waals surface area contributed by atoms with Crippen LogP contribution in [0.5, 0.6) is 0 Å². The second-order valence-corrected chi connectivity index (χ2v) is 6.52. The number of carboxylic acids is 1.